The number of nitrogens with zero attached hydrogens (tertiary/aromatic N) is 2. The van der Waals surface area contributed by atoms with Crippen LogP contribution in [0.3, 0.4) is 0 Å². The molecule has 0 spiro atoms. The Kier molecular flexibility index (Phi) is 9.87. The van der Waals surface area contributed by atoms with E-state index >= 15 is 0 Å². The molecule has 1 amide bonds. The summed E-state index contributed by atoms with van der Waals surface area (Å²) in [6, 6.07) is 10.1. The lowest BCUT2D eigenvalue weighted by Gasteiger charge is -2.20. The van der Waals surface area contributed by atoms with Crippen LogP contribution in [0.4, 0.5) is 0 Å². The summed E-state index contributed by atoms with van der Waals surface area (Å²) in [4.78, 5) is 18.3. The smallest absolute Gasteiger partial charge is 0.225 e. The molecule has 5 nitrogen and oxygen atoms in total. The molecular formula is C17H29IN4O. The monoisotopic (exact) mass is 432 g/mol. The van der Waals surface area contributed by atoms with Gasteiger partial charge in [0.25, 0.3) is 0 Å². The maximum Gasteiger partial charge on any atom is 0.225 e. The number of rotatable bonds is 5. The molecule has 0 atom stereocenters. The first-order chi connectivity index (χ1) is 10.3. The molecule has 0 radical (unpaired) electrons. The third kappa shape index (κ3) is 8.78. The first kappa shape index (κ1) is 21.7. The lowest BCUT2D eigenvalue weighted by Crippen LogP contribution is -2.43. The Bertz CT molecular complexity index is 495. The molecule has 1 aromatic carbocycles. The van der Waals surface area contributed by atoms with Gasteiger partial charge in [0.2, 0.25) is 5.91 Å². The van der Waals surface area contributed by atoms with Gasteiger partial charge in [-0.15, -0.1) is 24.0 Å². The van der Waals surface area contributed by atoms with Crippen molar-refractivity contribution < 1.29 is 4.79 Å². The zero-order valence-corrected chi connectivity index (χ0v) is 17.0. The first-order valence-corrected chi connectivity index (χ1v) is 7.58. The second kappa shape index (κ2) is 10.5. The van der Waals surface area contributed by atoms with Gasteiger partial charge < -0.3 is 15.5 Å². The van der Waals surface area contributed by atoms with Crippen LogP contribution in [-0.2, 0) is 11.3 Å². The fourth-order valence-electron chi connectivity index (χ4n) is 1.72. The van der Waals surface area contributed by atoms with Crippen molar-refractivity contribution >= 4 is 35.8 Å². The average Bonchev–Trinajstić information content (AvgIpc) is 2.45. The molecule has 130 valence electrons. The molecule has 0 saturated carbocycles. The predicted molar refractivity (Wildman–Crippen MR) is 107 cm³/mol. The van der Waals surface area contributed by atoms with Crippen molar-refractivity contribution in [1.29, 1.82) is 0 Å². The predicted octanol–water partition coefficient (Wildman–Crippen LogP) is 2.47. The molecule has 0 heterocycles. The number of amides is 1. The van der Waals surface area contributed by atoms with Crippen molar-refractivity contribution in [3.8, 4) is 0 Å². The van der Waals surface area contributed by atoms with Crippen molar-refractivity contribution in [2.24, 2.45) is 10.4 Å². The zero-order chi connectivity index (χ0) is 16.6. The molecule has 0 aliphatic heterocycles. The highest BCUT2D eigenvalue weighted by Gasteiger charge is 2.20. The number of halogens is 1. The number of nitrogens with one attached hydrogen (secondary N) is 2. The normalized spacial score (nSPS) is 11.4. The standard InChI is InChI=1S/C17H28N4O.HI/c1-17(2,3)15(22)18-11-12-19-16(21(4)5)20-13-14-9-7-6-8-10-14;/h6-10H,11-13H2,1-5H3,(H,18,22)(H,19,20);1H. The molecule has 0 bridgehead atoms. The van der Waals surface area contributed by atoms with Gasteiger partial charge in [0, 0.05) is 32.6 Å². The number of carbonyl (C=O) groups excluding carboxylic acids is 1. The van der Waals surface area contributed by atoms with Crippen molar-refractivity contribution in [2.75, 3.05) is 27.2 Å². The molecule has 0 aliphatic rings. The van der Waals surface area contributed by atoms with Crippen LogP contribution in [-0.4, -0.2) is 44.0 Å². The third-order valence-corrected chi connectivity index (χ3v) is 3.05. The molecule has 2 N–H and O–H groups in total. The van der Waals surface area contributed by atoms with Crippen LogP contribution < -0.4 is 10.6 Å². The summed E-state index contributed by atoms with van der Waals surface area (Å²) in [6.07, 6.45) is 0. The highest BCUT2D eigenvalue weighted by molar-refractivity contribution is 14.0. The second-order valence-electron chi connectivity index (χ2n) is 6.45. The molecule has 0 aliphatic carbocycles. The van der Waals surface area contributed by atoms with Crippen LogP contribution in [0, 0.1) is 5.41 Å². The number of benzene rings is 1. The number of hydrogen-bond acceptors (Lipinski definition) is 2. The molecule has 0 fully saturated rings. The van der Waals surface area contributed by atoms with E-state index in [0.29, 0.717) is 19.6 Å². The van der Waals surface area contributed by atoms with Crippen LogP contribution in [0.15, 0.2) is 35.3 Å². The van der Waals surface area contributed by atoms with Gasteiger partial charge in [-0.1, -0.05) is 51.1 Å². The van der Waals surface area contributed by atoms with Gasteiger partial charge in [-0.2, -0.15) is 0 Å². The minimum Gasteiger partial charge on any atom is -0.354 e. The number of aliphatic imine (C=N–C) groups is 1. The Labute approximate surface area is 157 Å². The SMILES string of the molecule is CN(C)C(=NCc1ccccc1)NCCNC(=O)C(C)(C)C.I. The largest absolute Gasteiger partial charge is 0.354 e. The second-order valence-corrected chi connectivity index (χ2v) is 6.45. The molecule has 6 heteroatoms. The van der Waals surface area contributed by atoms with Gasteiger partial charge in [-0.05, 0) is 5.56 Å². The highest BCUT2D eigenvalue weighted by atomic mass is 127. The van der Waals surface area contributed by atoms with Gasteiger partial charge in [0.15, 0.2) is 5.96 Å². The van der Waals surface area contributed by atoms with Crippen molar-refractivity contribution in [3.05, 3.63) is 35.9 Å². The van der Waals surface area contributed by atoms with Crippen LogP contribution in [0.2, 0.25) is 0 Å². The van der Waals surface area contributed by atoms with Gasteiger partial charge in [-0.25, -0.2) is 4.99 Å². The fourth-order valence-corrected chi connectivity index (χ4v) is 1.72. The minimum absolute atomic E-state index is 0. The summed E-state index contributed by atoms with van der Waals surface area (Å²) in [5.41, 5.74) is 0.816. The Balaban J connectivity index is 0.00000484. The maximum atomic E-state index is 11.8. The van der Waals surface area contributed by atoms with E-state index in [2.05, 4.69) is 27.8 Å². The fraction of sp³-hybridized carbons (Fsp3) is 0.529. The zero-order valence-electron chi connectivity index (χ0n) is 14.7. The van der Waals surface area contributed by atoms with Crippen LogP contribution in [0.25, 0.3) is 0 Å². The third-order valence-electron chi connectivity index (χ3n) is 3.05. The van der Waals surface area contributed by atoms with E-state index in [0.717, 1.165) is 5.96 Å². The molecule has 1 rings (SSSR count). The van der Waals surface area contributed by atoms with E-state index in [1.807, 2.05) is 58.0 Å². The van der Waals surface area contributed by atoms with E-state index in [-0.39, 0.29) is 35.3 Å². The summed E-state index contributed by atoms with van der Waals surface area (Å²) in [5, 5.41) is 6.17. The van der Waals surface area contributed by atoms with E-state index in [1.165, 1.54) is 5.56 Å². The summed E-state index contributed by atoms with van der Waals surface area (Å²) >= 11 is 0. The van der Waals surface area contributed by atoms with Crippen LogP contribution in [0.5, 0.6) is 0 Å². The van der Waals surface area contributed by atoms with Gasteiger partial charge in [-0.3, -0.25) is 4.79 Å². The maximum absolute atomic E-state index is 11.8. The molecule has 1 aromatic rings. The van der Waals surface area contributed by atoms with E-state index in [1.54, 1.807) is 0 Å². The molecule has 0 saturated heterocycles. The van der Waals surface area contributed by atoms with Gasteiger partial charge in [0.1, 0.15) is 0 Å². The summed E-state index contributed by atoms with van der Waals surface area (Å²) in [6.45, 7) is 7.57. The number of carbonyl (C=O) groups is 1. The quantitative estimate of drug-likeness (QED) is 0.325. The van der Waals surface area contributed by atoms with E-state index in [9.17, 15) is 4.79 Å². The average molecular weight is 432 g/mol. The topological polar surface area (TPSA) is 56.7 Å². The van der Waals surface area contributed by atoms with E-state index < -0.39 is 0 Å². The molecule has 23 heavy (non-hydrogen) atoms. The Morgan fingerprint density at radius 1 is 1.09 bits per heavy atom. The van der Waals surface area contributed by atoms with Crippen LogP contribution >= 0.6 is 24.0 Å². The van der Waals surface area contributed by atoms with Crippen molar-refractivity contribution in [1.82, 2.24) is 15.5 Å². The minimum atomic E-state index is -0.355. The number of hydrogen-bond donors (Lipinski definition) is 2. The summed E-state index contributed by atoms with van der Waals surface area (Å²) in [5.74, 6) is 0.871. The summed E-state index contributed by atoms with van der Waals surface area (Å²) < 4.78 is 0. The Morgan fingerprint density at radius 3 is 2.17 bits per heavy atom. The Hall–Kier alpha value is -1.31. The highest BCUT2D eigenvalue weighted by Crippen LogP contribution is 2.11. The molecule has 0 unspecified atom stereocenters. The number of guanidine groups is 1. The van der Waals surface area contributed by atoms with Crippen molar-refractivity contribution in [3.63, 3.8) is 0 Å². The lowest BCUT2D eigenvalue weighted by atomic mass is 9.96. The van der Waals surface area contributed by atoms with Crippen molar-refractivity contribution in [2.45, 2.75) is 27.3 Å². The van der Waals surface area contributed by atoms with Gasteiger partial charge in [0.05, 0.1) is 6.54 Å². The van der Waals surface area contributed by atoms with Crippen LogP contribution in [0.1, 0.15) is 26.3 Å². The van der Waals surface area contributed by atoms with Gasteiger partial charge >= 0.3 is 0 Å². The molecular weight excluding hydrogens is 403 g/mol. The first-order valence-electron chi connectivity index (χ1n) is 7.58. The molecule has 0 aromatic heterocycles. The van der Waals surface area contributed by atoms with E-state index in [4.69, 9.17) is 0 Å². The lowest BCUT2D eigenvalue weighted by molar-refractivity contribution is -0.128. The summed E-state index contributed by atoms with van der Waals surface area (Å²) in [7, 11) is 3.90. The Morgan fingerprint density at radius 2 is 1.65 bits per heavy atom.